The number of nitrogens with two attached hydrogens (primary N) is 1. The van der Waals surface area contributed by atoms with E-state index in [1.165, 1.54) is 0 Å². The van der Waals surface area contributed by atoms with Gasteiger partial charge in [-0.25, -0.2) is 0 Å². The highest BCUT2D eigenvalue weighted by Crippen LogP contribution is 2.22. The van der Waals surface area contributed by atoms with Gasteiger partial charge in [0.05, 0.1) is 24.6 Å². The number of rotatable bonds is 6. The minimum absolute atomic E-state index is 0.264. The standard InChI is InChI=1S/C12H17ClN2O3/c1-8(18-6-5-17-2)12(16)15-11-4-3-9(13)7-10(11)14/h3-4,7-8H,5-6,14H2,1-2H3,(H,15,16). The fourth-order valence-corrected chi connectivity index (χ4v) is 1.45. The molecule has 1 rings (SSSR count). The first-order valence-electron chi connectivity index (χ1n) is 5.51. The number of nitrogens with one attached hydrogen (secondary N) is 1. The third kappa shape index (κ3) is 4.52. The Morgan fingerprint density at radius 2 is 2.22 bits per heavy atom. The van der Waals surface area contributed by atoms with Crippen LogP contribution < -0.4 is 11.1 Å². The van der Waals surface area contributed by atoms with Gasteiger partial charge in [0, 0.05) is 12.1 Å². The zero-order valence-corrected chi connectivity index (χ0v) is 11.2. The highest BCUT2D eigenvalue weighted by Gasteiger charge is 2.14. The first-order valence-corrected chi connectivity index (χ1v) is 5.89. The minimum Gasteiger partial charge on any atom is -0.397 e. The van der Waals surface area contributed by atoms with E-state index in [1.807, 2.05) is 0 Å². The third-order valence-electron chi connectivity index (χ3n) is 2.30. The molecule has 0 bridgehead atoms. The Balaban J connectivity index is 2.53. The predicted octanol–water partition coefficient (Wildman–Crippen LogP) is 1.91. The van der Waals surface area contributed by atoms with E-state index in [-0.39, 0.29) is 5.91 Å². The number of benzene rings is 1. The summed E-state index contributed by atoms with van der Waals surface area (Å²) in [6.07, 6.45) is -0.574. The molecular weight excluding hydrogens is 256 g/mol. The molecule has 1 aromatic rings. The van der Waals surface area contributed by atoms with Crippen LogP contribution in [-0.4, -0.2) is 32.3 Å². The Kier molecular flexibility index (Phi) is 5.91. The molecule has 0 aromatic heterocycles. The van der Waals surface area contributed by atoms with Gasteiger partial charge in [-0.1, -0.05) is 11.6 Å². The van der Waals surface area contributed by atoms with E-state index in [2.05, 4.69) is 5.32 Å². The van der Waals surface area contributed by atoms with E-state index in [4.69, 9.17) is 26.8 Å². The van der Waals surface area contributed by atoms with Gasteiger partial charge < -0.3 is 20.5 Å². The molecular formula is C12H17ClN2O3. The number of ether oxygens (including phenoxy) is 2. The Hall–Kier alpha value is -1.30. The molecule has 100 valence electrons. The molecule has 1 amide bonds. The molecule has 18 heavy (non-hydrogen) atoms. The monoisotopic (exact) mass is 272 g/mol. The second-order valence-corrected chi connectivity index (χ2v) is 4.16. The predicted molar refractivity (Wildman–Crippen MR) is 71.8 cm³/mol. The van der Waals surface area contributed by atoms with E-state index in [1.54, 1.807) is 32.2 Å². The maximum Gasteiger partial charge on any atom is 0.253 e. The first-order chi connectivity index (χ1) is 8.54. The van der Waals surface area contributed by atoms with Crippen molar-refractivity contribution in [2.24, 2.45) is 0 Å². The van der Waals surface area contributed by atoms with Crippen LogP contribution in [0.15, 0.2) is 18.2 Å². The first kappa shape index (κ1) is 14.8. The zero-order chi connectivity index (χ0) is 13.5. The number of amides is 1. The van der Waals surface area contributed by atoms with Crippen LogP contribution in [0.2, 0.25) is 5.02 Å². The molecule has 0 aliphatic heterocycles. The van der Waals surface area contributed by atoms with E-state index in [0.717, 1.165) is 0 Å². The Morgan fingerprint density at radius 1 is 1.50 bits per heavy atom. The lowest BCUT2D eigenvalue weighted by atomic mass is 10.2. The van der Waals surface area contributed by atoms with Gasteiger partial charge in [0.25, 0.3) is 5.91 Å². The van der Waals surface area contributed by atoms with E-state index < -0.39 is 6.10 Å². The Labute approximate surface area is 111 Å². The van der Waals surface area contributed by atoms with Crippen LogP contribution in [0.1, 0.15) is 6.92 Å². The van der Waals surface area contributed by atoms with Gasteiger partial charge in [0.2, 0.25) is 0 Å². The fraction of sp³-hybridized carbons (Fsp3) is 0.417. The summed E-state index contributed by atoms with van der Waals surface area (Å²) in [6.45, 7) is 2.47. The Bertz CT molecular complexity index is 412. The number of hydrogen-bond acceptors (Lipinski definition) is 4. The van der Waals surface area contributed by atoms with E-state index >= 15 is 0 Å². The van der Waals surface area contributed by atoms with Crippen molar-refractivity contribution >= 4 is 28.9 Å². The quantitative estimate of drug-likeness (QED) is 0.613. The van der Waals surface area contributed by atoms with Crippen LogP contribution in [0.3, 0.4) is 0 Å². The fourth-order valence-electron chi connectivity index (χ4n) is 1.27. The summed E-state index contributed by atoms with van der Waals surface area (Å²) in [5.41, 5.74) is 6.67. The lowest BCUT2D eigenvalue weighted by Gasteiger charge is -2.14. The summed E-state index contributed by atoms with van der Waals surface area (Å²) in [5.74, 6) is -0.264. The van der Waals surface area contributed by atoms with Crippen molar-refractivity contribution in [2.45, 2.75) is 13.0 Å². The maximum atomic E-state index is 11.8. The second-order valence-electron chi connectivity index (χ2n) is 3.73. The summed E-state index contributed by atoms with van der Waals surface area (Å²) < 4.78 is 10.1. The van der Waals surface area contributed by atoms with E-state index in [0.29, 0.717) is 29.6 Å². The van der Waals surface area contributed by atoms with Crippen molar-refractivity contribution in [3.05, 3.63) is 23.2 Å². The molecule has 0 saturated carbocycles. The molecule has 0 heterocycles. The highest BCUT2D eigenvalue weighted by molar-refractivity contribution is 6.31. The average Bonchev–Trinajstić information content (AvgIpc) is 2.32. The lowest BCUT2D eigenvalue weighted by molar-refractivity contribution is -0.127. The maximum absolute atomic E-state index is 11.8. The summed E-state index contributed by atoms with van der Waals surface area (Å²) in [6, 6.07) is 4.88. The smallest absolute Gasteiger partial charge is 0.253 e. The van der Waals surface area contributed by atoms with Crippen molar-refractivity contribution in [2.75, 3.05) is 31.4 Å². The van der Waals surface area contributed by atoms with Gasteiger partial charge in [0.15, 0.2) is 0 Å². The van der Waals surface area contributed by atoms with Crippen LogP contribution >= 0.6 is 11.6 Å². The topological polar surface area (TPSA) is 73.6 Å². The molecule has 6 heteroatoms. The molecule has 0 saturated heterocycles. The second kappa shape index (κ2) is 7.20. The number of hydrogen-bond donors (Lipinski definition) is 2. The number of nitrogen functional groups attached to an aromatic ring is 1. The number of carbonyl (C=O) groups is 1. The van der Waals surface area contributed by atoms with E-state index in [9.17, 15) is 4.79 Å². The molecule has 0 aliphatic carbocycles. The van der Waals surface area contributed by atoms with Gasteiger partial charge in [-0.05, 0) is 25.1 Å². The third-order valence-corrected chi connectivity index (χ3v) is 2.53. The summed E-state index contributed by atoms with van der Waals surface area (Å²) in [4.78, 5) is 11.8. The molecule has 1 atom stereocenters. The highest BCUT2D eigenvalue weighted by atomic mass is 35.5. The van der Waals surface area contributed by atoms with Crippen LogP contribution in [0, 0.1) is 0 Å². The van der Waals surface area contributed by atoms with Gasteiger partial charge in [0.1, 0.15) is 6.10 Å². The van der Waals surface area contributed by atoms with Crippen LogP contribution in [0.5, 0.6) is 0 Å². The van der Waals surface area contributed by atoms with Crippen LogP contribution in [-0.2, 0) is 14.3 Å². The van der Waals surface area contributed by atoms with Gasteiger partial charge in [-0.2, -0.15) is 0 Å². The number of halogens is 1. The van der Waals surface area contributed by atoms with Crippen molar-refractivity contribution in [1.82, 2.24) is 0 Å². The molecule has 5 nitrogen and oxygen atoms in total. The SMILES string of the molecule is COCCOC(C)C(=O)Nc1ccc(Cl)cc1N. The van der Waals surface area contributed by atoms with Crippen molar-refractivity contribution < 1.29 is 14.3 Å². The number of carbonyl (C=O) groups excluding carboxylic acids is 1. The van der Waals surface area contributed by atoms with Crippen LogP contribution in [0.4, 0.5) is 11.4 Å². The molecule has 1 unspecified atom stereocenters. The van der Waals surface area contributed by atoms with Gasteiger partial charge >= 0.3 is 0 Å². The number of anilines is 2. The summed E-state index contributed by atoms with van der Waals surface area (Å²) in [5, 5.41) is 3.20. The molecule has 3 N–H and O–H groups in total. The molecule has 1 aromatic carbocycles. The molecule has 0 fully saturated rings. The van der Waals surface area contributed by atoms with Gasteiger partial charge in [-0.15, -0.1) is 0 Å². The largest absolute Gasteiger partial charge is 0.397 e. The van der Waals surface area contributed by atoms with Gasteiger partial charge in [-0.3, -0.25) is 4.79 Å². The average molecular weight is 273 g/mol. The van der Waals surface area contributed by atoms with Crippen molar-refractivity contribution in [3.63, 3.8) is 0 Å². The lowest BCUT2D eigenvalue weighted by Crippen LogP contribution is -2.29. The summed E-state index contributed by atoms with van der Waals surface area (Å²) >= 11 is 5.77. The summed E-state index contributed by atoms with van der Waals surface area (Å²) in [7, 11) is 1.57. The van der Waals surface area contributed by atoms with Crippen molar-refractivity contribution in [1.29, 1.82) is 0 Å². The Morgan fingerprint density at radius 3 is 2.83 bits per heavy atom. The molecule has 0 radical (unpaired) electrons. The number of methoxy groups -OCH3 is 1. The normalized spacial score (nSPS) is 12.2. The molecule has 0 aliphatic rings. The molecule has 0 spiro atoms. The minimum atomic E-state index is -0.574. The zero-order valence-electron chi connectivity index (χ0n) is 10.4. The van der Waals surface area contributed by atoms with Crippen LogP contribution in [0.25, 0.3) is 0 Å². The van der Waals surface area contributed by atoms with Crippen molar-refractivity contribution in [3.8, 4) is 0 Å².